The fourth-order valence-corrected chi connectivity index (χ4v) is 3.34. The van der Waals surface area contributed by atoms with Crippen molar-refractivity contribution < 1.29 is 4.74 Å². The second-order valence-corrected chi connectivity index (χ2v) is 6.56. The molecule has 26 heavy (non-hydrogen) atoms. The average molecular weight is 342 g/mol. The summed E-state index contributed by atoms with van der Waals surface area (Å²) in [7, 11) is 0. The van der Waals surface area contributed by atoms with Gasteiger partial charge in [-0.15, -0.1) is 0 Å². The van der Waals surface area contributed by atoms with Crippen LogP contribution in [-0.2, 0) is 6.54 Å². The van der Waals surface area contributed by atoms with Crippen molar-refractivity contribution in [3.8, 4) is 17.1 Å². The molecule has 1 heterocycles. The fraction of sp³-hybridized carbons (Fsp3) is 0.174. The van der Waals surface area contributed by atoms with E-state index < -0.39 is 0 Å². The molecular weight excluding hydrogens is 320 g/mol. The maximum Gasteiger partial charge on any atom is 0.141 e. The van der Waals surface area contributed by atoms with Crippen LogP contribution >= 0.6 is 0 Å². The number of aromatic nitrogens is 2. The van der Waals surface area contributed by atoms with E-state index in [-0.39, 0.29) is 0 Å². The predicted octanol–water partition coefficient (Wildman–Crippen LogP) is 5.40. The maximum absolute atomic E-state index is 5.92. The van der Waals surface area contributed by atoms with Gasteiger partial charge in [0, 0.05) is 5.56 Å². The smallest absolute Gasteiger partial charge is 0.141 e. The third-order valence-electron chi connectivity index (χ3n) is 4.60. The molecule has 3 heteroatoms. The van der Waals surface area contributed by atoms with E-state index in [4.69, 9.17) is 9.72 Å². The first-order valence-electron chi connectivity index (χ1n) is 8.93. The molecule has 3 nitrogen and oxygen atoms in total. The first-order chi connectivity index (χ1) is 12.7. The van der Waals surface area contributed by atoms with Crippen LogP contribution in [0, 0.1) is 13.8 Å². The molecule has 0 unspecified atom stereocenters. The van der Waals surface area contributed by atoms with Crippen LogP contribution in [0.4, 0.5) is 0 Å². The van der Waals surface area contributed by atoms with Crippen molar-refractivity contribution in [2.24, 2.45) is 0 Å². The number of aryl methyl sites for hydroxylation is 2. The summed E-state index contributed by atoms with van der Waals surface area (Å²) in [5, 5.41) is 0. The molecule has 0 saturated carbocycles. The fourth-order valence-electron chi connectivity index (χ4n) is 3.34. The van der Waals surface area contributed by atoms with Crippen LogP contribution in [0.2, 0.25) is 0 Å². The van der Waals surface area contributed by atoms with Gasteiger partial charge in [-0.05, 0) is 43.7 Å². The van der Waals surface area contributed by atoms with Crippen molar-refractivity contribution >= 4 is 11.0 Å². The highest BCUT2D eigenvalue weighted by atomic mass is 16.5. The second kappa shape index (κ2) is 7.04. The predicted molar refractivity (Wildman–Crippen MR) is 107 cm³/mol. The van der Waals surface area contributed by atoms with Crippen LogP contribution in [0.3, 0.4) is 0 Å². The molecule has 0 atom stereocenters. The van der Waals surface area contributed by atoms with E-state index in [1.807, 2.05) is 36.4 Å². The summed E-state index contributed by atoms with van der Waals surface area (Å²) in [5.74, 6) is 1.89. The van der Waals surface area contributed by atoms with Gasteiger partial charge in [0.15, 0.2) is 0 Å². The first kappa shape index (κ1) is 16.4. The monoisotopic (exact) mass is 342 g/mol. The third-order valence-corrected chi connectivity index (χ3v) is 4.60. The van der Waals surface area contributed by atoms with E-state index in [2.05, 4.69) is 54.8 Å². The number of rotatable bonds is 5. The molecule has 130 valence electrons. The molecule has 4 rings (SSSR count). The zero-order valence-electron chi connectivity index (χ0n) is 15.1. The van der Waals surface area contributed by atoms with Gasteiger partial charge in [0.1, 0.15) is 18.2 Å². The molecule has 0 aliphatic heterocycles. The van der Waals surface area contributed by atoms with E-state index >= 15 is 0 Å². The van der Waals surface area contributed by atoms with Crippen molar-refractivity contribution in [2.45, 2.75) is 20.4 Å². The molecule has 0 fully saturated rings. The first-order valence-corrected chi connectivity index (χ1v) is 8.93. The van der Waals surface area contributed by atoms with Gasteiger partial charge in [0.25, 0.3) is 0 Å². The quantitative estimate of drug-likeness (QED) is 0.485. The van der Waals surface area contributed by atoms with E-state index in [1.54, 1.807) is 0 Å². The lowest BCUT2D eigenvalue weighted by atomic mass is 10.1. The Morgan fingerprint density at radius 2 is 1.65 bits per heavy atom. The van der Waals surface area contributed by atoms with Crippen molar-refractivity contribution in [1.29, 1.82) is 0 Å². The van der Waals surface area contributed by atoms with Crippen LogP contribution in [0.25, 0.3) is 22.4 Å². The van der Waals surface area contributed by atoms with Gasteiger partial charge in [-0.1, -0.05) is 54.1 Å². The van der Waals surface area contributed by atoms with Gasteiger partial charge in [-0.3, -0.25) is 0 Å². The van der Waals surface area contributed by atoms with Gasteiger partial charge >= 0.3 is 0 Å². The van der Waals surface area contributed by atoms with Crippen molar-refractivity contribution in [3.05, 3.63) is 83.9 Å². The zero-order valence-corrected chi connectivity index (χ0v) is 15.1. The highest BCUT2D eigenvalue weighted by molar-refractivity contribution is 5.81. The van der Waals surface area contributed by atoms with Crippen LogP contribution in [0.15, 0.2) is 72.8 Å². The normalized spacial score (nSPS) is 11.0. The SMILES string of the molecule is Cc1ccc(-c2nc3ccccc3n2CCOc2ccccc2)c(C)c1. The minimum atomic E-state index is 0.599. The van der Waals surface area contributed by atoms with Crippen molar-refractivity contribution in [1.82, 2.24) is 9.55 Å². The molecule has 0 bridgehead atoms. The summed E-state index contributed by atoms with van der Waals surface area (Å²) >= 11 is 0. The Labute approximate surface area is 153 Å². The number of benzene rings is 3. The summed E-state index contributed by atoms with van der Waals surface area (Å²) in [6.07, 6.45) is 0. The lowest BCUT2D eigenvalue weighted by molar-refractivity contribution is 0.301. The van der Waals surface area contributed by atoms with Crippen LogP contribution < -0.4 is 4.74 Å². The molecule has 0 aliphatic carbocycles. The summed E-state index contributed by atoms with van der Waals surface area (Å²) < 4.78 is 8.18. The number of nitrogens with zero attached hydrogens (tertiary/aromatic N) is 2. The highest BCUT2D eigenvalue weighted by Crippen LogP contribution is 2.28. The largest absolute Gasteiger partial charge is 0.492 e. The minimum absolute atomic E-state index is 0.599. The van der Waals surface area contributed by atoms with E-state index in [0.717, 1.165) is 29.2 Å². The molecule has 0 saturated heterocycles. The second-order valence-electron chi connectivity index (χ2n) is 6.56. The molecule has 0 N–H and O–H groups in total. The summed E-state index contributed by atoms with van der Waals surface area (Å²) in [6, 6.07) is 24.7. The molecule has 0 aliphatic rings. The summed E-state index contributed by atoms with van der Waals surface area (Å²) in [5.41, 5.74) is 5.83. The van der Waals surface area contributed by atoms with Gasteiger partial charge in [0.05, 0.1) is 17.6 Å². The van der Waals surface area contributed by atoms with Crippen LogP contribution in [0.1, 0.15) is 11.1 Å². The Morgan fingerprint density at radius 3 is 2.46 bits per heavy atom. The van der Waals surface area contributed by atoms with Gasteiger partial charge in [0.2, 0.25) is 0 Å². The van der Waals surface area contributed by atoms with Gasteiger partial charge in [-0.25, -0.2) is 4.98 Å². The van der Waals surface area contributed by atoms with Crippen LogP contribution in [-0.4, -0.2) is 16.2 Å². The molecule has 0 spiro atoms. The molecule has 1 aromatic heterocycles. The Balaban J connectivity index is 1.70. The number of fused-ring (bicyclic) bond motifs is 1. The zero-order chi connectivity index (χ0) is 17.9. The molecule has 0 amide bonds. The summed E-state index contributed by atoms with van der Waals surface area (Å²) in [6.45, 7) is 5.61. The minimum Gasteiger partial charge on any atom is -0.492 e. The topological polar surface area (TPSA) is 27.1 Å². The van der Waals surface area contributed by atoms with Crippen molar-refractivity contribution in [3.63, 3.8) is 0 Å². The van der Waals surface area contributed by atoms with Crippen LogP contribution in [0.5, 0.6) is 5.75 Å². The highest BCUT2D eigenvalue weighted by Gasteiger charge is 2.14. The van der Waals surface area contributed by atoms with Gasteiger partial charge < -0.3 is 9.30 Å². The third kappa shape index (κ3) is 3.21. The Bertz CT molecular complexity index is 1030. The number of hydrogen-bond donors (Lipinski definition) is 0. The Hall–Kier alpha value is -3.07. The maximum atomic E-state index is 5.92. The van der Waals surface area contributed by atoms with E-state index in [0.29, 0.717) is 6.61 Å². The van der Waals surface area contributed by atoms with Crippen molar-refractivity contribution in [2.75, 3.05) is 6.61 Å². The lowest BCUT2D eigenvalue weighted by Gasteiger charge is -2.12. The van der Waals surface area contributed by atoms with E-state index in [9.17, 15) is 0 Å². The molecule has 3 aromatic carbocycles. The lowest BCUT2D eigenvalue weighted by Crippen LogP contribution is -2.09. The number of para-hydroxylation sites is 3. The number of imidazole rings is 1. The number of hydrogen-bond acceptors (Lipinski definition) is 2. The average Bonchev–Trinajstić information content (AvgIpc) is 3.01. The standard InChI is InChI=1S/C23H22N2O/c1-17-12-13-20(18(2)16-17)23-24-21-10-6-7-11-22(21)25(23)14-15-26-19-8-4-3-5-9-19/h3-13,16H,14-15H2,1-2H3. The Morgan fingerprint density at radius 1 is 0.885 bits per heavy atom. The molecule has 0 radical (unpaired) electrons. The van der Waals surface area contributed by atoms with E-state index in [1.165, 1.54) is 16.7 Å². The molecule has 4 aromatic rings. The Kier molecular flexibility index (Phi) is 4.44. The molecular formula is C23H22N2O. The summed E-state index contributed by atoms with van der Waals surface area (Å²) in [4.78, 5) is 4.91. The van der Waals surface area contributed by atoms with Gasteiger partial charge in [-0.2, -0.15) is 0 Å². The number of ether oxygens (including phenoxy) is 1.